The number of anilines is 1. The molecule has 0 aliphatic carbocycles. The highest BCUT2D eigenvalue weighted by Gasteiger charge is 2.29. The van der Waals surface area contributed by atoms with Gasteiger partial charge in [0.05, 0.1) is 17.9 Å². The van der Waals surface area contributed by atoms with E-state index in [1.807, 2.05) is 29.6 Å². The van der Waals surface area contributed by atoms with E-state index < -0.39 is 17.5 Å². The van der Waals surface area contributed by atoms with Crippen molar-refractivity contribution in [2.75, 3.05) is 25.0 Å². The fourth-order valence-corrected chi connectivity index (χ4v) is 4.51. The number of benzene rings is 2. The van der Waals surface area contributed by atoms with Crippen molar-refractivity contribution >= 4 is 28.3 Å². The summed E-state index contributed by atoms with van der Waals surface area (Å²) in [5.41, 5.74) is 1.54. The smallest absolute Gasteiger partial charge is 0.256 e. The second kappa shape index (κ2) is 10.7. The summed E-state index contributed by atoms with van der Waals surface area (Å²) >= 11 is 1.35. The number of nitrogens with zero attached hydrogens (tertiary/aromatic N) is 2. The first-order chi connectivity index (χ1) is 16.4. The van der Waals surface area contributed by atoms with Crippen LogP contribution in [0.15, 0.2) is 47.8 Å². The van der Waals surface area contributed by atoms with Crippen LogP contribution in [0.4, 0.5) is 13.9 Å². The zero-order chi connectivity index (χ0) is 24.1. The van der Waals surface area contributed by atoms with Gasteiger partial charge < -0.3 is 15.0 Å². The van der Waals surface area contributed by atoms with Gasteiger partial charge in [-0.15, -0.1) is 11.3 Å². The molecule has 9 heteroatoms. The molecule has 1 aliphatic heterocycles. The Bertz CT molecular complexity index is 1160. The number of ether oxygens (including phenoxy) is 1. The molecule has 34 heavy (non-hydrogen) atoms. The van der Waals surface area contributed by atoms with Crippen molar-refractivity contribution in [2.24, 2.45) is 5.92 Å². The van der Waals surface area contributed by atoms with Gasteiger partial charge in [0.2, 0.25) is 5.91 Å². The van der Waals surface area contributed by atoms with E-state index in [-0.39, 0.29) is 17.4 Å². The molecule has 0 saturated carbocycles. The van der Waals surface area contributed by atoms with Gasteiger partial charge in [0, 0.05) is 36.0 Å². The van der Waals surface area contributed by atoms with Crippen molar-refractivity contribution in [3.05, 3.63) is 65.0 Å². The number of aromatic nitrogens is 1. The average molecular weight is 486 g/mol. The average Bonchev–Trinajstić information content (AvgIpc) is 3.31. The Morgan fingerprint density at radius 2 is 1.88 bits per heavy atom. The molecule has 1 saturated heterocycles. The Morgan fingerprint density at radius 3 is 2.56 bits per heavy atom. The normalized spacial score (nSPS) is 14.1. The monoisotopic (exact) mass is 485 g/mol. The van der Waals surface area contributed by atoms with Crippen molar-refractivity contribution in [1.29, 1.82) is 0 Å². The Balaban J connectivity index is 1.30. The Kier molecular flexibility index (Phi) is 7.52. The zero-order valence-corrected chi connectivity index (χ0v) is 19.5. The quantitative estimate of drug-likeness (QED) is 0.489. The van der Waals surface area contributed by atoms with Crippen LogP contribution >= 0.6 is 11.3 Å². The molecule has 0 bridgehead atoms. The topological polar surface area (TPSA) is 71.5 Å². The first kappa shape index (κ1) is 23.8. The molecule has 3 aromatic rings. The molecule has 178 valence electrons. The first-order valence-corrected chi connectivity index (χ1v) is 12.1. The summed E-state index contributed by atoms with van der Waals surface area (Å²) in [5.74, 6) is -1.72. The number of carbonyl (C=O) groups is 2. The van der Waals surface area contributed by atoms with Crippen LogP contribution in [0, 0.1) is 17.6 Å². The highest BCUT2D eigenvalue weighted by molar-refractivity contribution is 7.14. The molecular weight excluding hydrogens is 460 g/mol. The van der Waals surface area contributed by atoms with Gasteiger partial charge in [-0.25, -0.2) is 13.8 Å². The molecule has 2 amide bonds. The van der Waals surface area contributed by atoms with E-state index >= 15 is 0 Å². The Morgan fingerprint density at radius 1 is 1.15 bits per heavy atom. The number of amides is 2. The van der Waals surface area contributed by atoms with Crippen molar-refractivity contribution in [3.8, 4) is 17.0 Å². The summed E-state index contributed by atoms with van der Waals surface area (Å²) in [4.78, 5) is 31.3. The van der Waals surface area contributed by atoms with Crippen LogP contribution in [0.2, 0.25) is 0 Å². The standard InChI is InChI=1S/C25H25F2N3O3S/c1-2-13-33-19-6-3-16(4-7-19)22-15-34-25(28-22)29-23(31)17-9-11-30(12-10-17)24(32)20-8-5-18(26)14-21(20)27/h3-8,14-15,17H,2,9-13H2,1H3,(H,28,29,31). The highest BCUT2D eigenvalue weighted by atomic mass is 32.1. The van der Waals surface area contributed by atoms with E-state index in [2.05, 4.69) is 17.2 Å². The number of nitrogens with one attached hydrogen (secondary N) is 1. The molecule has 2 aromatic carbocycles. The third-order valence-corrected chi connectivity index (χ3v) is 6.43. The SMILES string of the molecule is CCCOc1ccc(-c2csc(NC(=O)C3CCN(C(=O)c4ccc(F)cc4F)CC3)n2)cc1. The van der Waals surface area contributed by atoms with Crippen LogP contribution < -0.4 is 10.1 Å². The second-order valence-electron chi connectivity index (χ2n) is 8.09. The van der Waals surface area contributed by atoms with Crippen LogP contribution in [-0.4, -0.2) is 41.4 Å². The summed E-state index contributed by atoms with van der Waals surface area (Å²) in [6.45, 7) is 3.37. The van der Waals surface area contributed by atoms with Crippen LogP contribution in [0.5, 0.6) is 5.75 Å². The van der Waals surface area contributed by atoms with Gasteiger partial charge in [0.25, 0.3) is 5.91 Å². The molecule has 1 fully saturated rings. The van der Waals surface area contributed by atoms with Gasteiger partial charge in [-0.3, -0.25) is 9.59 Å². The number of hydrogen-bond acceptors (Lipinski definition) is 5. The number of thiazole rings is 1. The zero-order valence-electron chi connectivity index (χ0n) is 18.7. The minimum Gasteiger partial charge on any atom is -0.494 e. The lowest BCUT2D eigenvalue weighted by Gasteiger charge is -2.31. The molecule has 1 aromatic heterocycles. The van der Waals surface area contributed by atoms with Gasteiger partial charge in [-0.2, -0.15) is 0 Å². The van der Waals surface area contributed by atoms with E-state index in [1.165, 1.54) is 16.2 Å². The number of halogens is 2. The highest BCUT2D eigenvalue weighted by Crippen LogP contribution is 2.28. The maximum Gasteiger partial charge on any atom is 0.256 e. The maximum atomic E-state index is 13.9. The minimum atomic E-state index is -0.882. The molecule has 0 atom stereocenters. The molecular formula is C25H25F2N3O3S. The summed E-state index contributed by atoms with van der Waals surface area (Å²) in [6, 6.07) is 10.6. The minimum absolute atomic E-state index is 0.149. The van der Waals surface area contributed by atoms with Crippen molar-refractivity contribution in [2.45, 2.75) is 26.2 Å². The first-order valence-electron chi connectivity index (χ1n) is 11.2. The van der Waals surface area contributed by atoms with Gasteiger partial charge in [-0.05, 0) is 55.7 Å². The van der Waals surface area contributed by atoms with E-state index in [0.717, 1.165) is 35.6 Å². The fraction of sp³-hybridized carbons (Fsp3) is 0.320. The molecule has 0 radical (unpaired) electrons. The lowest BCUT2D eigenvalue weighted by Crippen LogP contribution is -2.41. The summed E-state index contributed by atoms with van der Waals surface area (Å²) in [5, 5.41) is 5.27. The third-order valence-electron chi connectivity index (χ3n) is 5.67. The Hall–Kier alpha value is -3.33. The summed E-state index contributed by atoms with van der Waals surface area (Å²) in [6.07, 6.45) is 1.86. The summed E-state index contributed by atoms with van der Waals surface area (Å²) < 4.78 is 32.6. The van der Waals surface area contributed by atoms with E-state index in [9.17, 15) is 18.4 Å². The molecule has 0 spiro atoms. The van der Waals surface area contributed by atoms with Crippen LogP contribution in [-0.2, 0) is 4.79 Å². The van der Waals surface area contributed by atoms with Crippen molar-refractivity contribution in [1.82, 2.24) is 9.88 Å². The lowest BCUT2D eigenvalue weighted by molar-refractivity contribution is -0.121. The van der Waals surface area contributed by atoms with Crippen LogP contribution in [0.1, 0.15) is 36.5 Å². The molecule has 1 aliphatic rings. The van der Waals surface area contributed by atoms with Gasteiger partial charge >= 0.3 is 0 Å². The number of carbonyl (C=O) groups excluding carboxylic acids is 2. The van der Waals surface area contributed by atoms with E-state index in [0.29, 0.717) is 43.7 Å². The van der Waals surface area contributed by atoms with E-state index in [1.54, 1.807) is 0 Å². The number of piperidine rings is 1. The molecule has 6 nitrogen and oxygen atoms in total. The van der Waals surface area contributed by atoms with Crippen molar-refractivity contribution < 1.29 is 23.1 Å². The van der Waals surface area contributed by atoms with Crippen LogP contribution in [0.3, 0.4) is 0 Å². The maximum absolute atomic E-state index is 13.9. The molecule has 0 unspecified atom stereocenters. The summed E-state index contributed by atoms with van der Waals surface area (Å²) in [7, 11) is 0. The lowest BCUT2D eigenvalue weighted by atomic mass is 9.95. The van der Waals surface area contributed by atoms with Crippen molar-refractivity contribution in [3.63, 3.8) is 0 Å². The van der Waals surface area contributed by atoms with Gasteiger partial charge in [0.15, 0.2) is 5.13 Å². The predicted octanol–water partition coefficient (Wildman–Crippen LogP) is 5.37. The fourth-order valence-electron chi connectivity index (χ4n) is 3.79. The number of likely N-dealkylation sites (tertiary alicyclic amines) is 1. The Labute approximate surface area is 200 Å². The largest absolute Gasteiger partial charge is 0.494 e. The van der Waals surface area contributed by atoms with E-state index in [4.69, 9.17) is 4.74 Å². The number of rotatable bonds is 7. The molecule has 2 heterocycles. The van der Waals surface area contributed by atoms with Gasteiger partial charge in [-0.1, -0.05) is 6.92 Å². The second-order valence-corrected chi connectivity index (χ2v) is 8.95. The third kappa shape index (κ3) is 5.59. The molecule has 4 rings (SSSR count). The number of hydrogen-bond donors (Lipinski definition) is 1. The van der Waals surface area contributed by atoms with Gasteiger partial charge in [0.1, 0.15) is 17.4 Å². The van der Waals surface area contributed by atoms with Crippen LogP contribution in [0.25, 0.3) is 11.3 Å². The molecule has 1 N–H and O–H groups in total. The predicted molar refractivity (Wildman–Crippen MR) is 127 cm³/mol.